The summed E-state index contributed by atoms with van der Waals surface area (Å²) >= 11 is 0. The van der Waals surface area contributed by atoms with Gasteiger partial charge in [-0.15, -0.1) is 0 Å². The van der Waals surface area contributed by atoms with Crippen LogP contribution in [-0.2, 0) is 0 Å². The monoisotopic (exact) mass is 237 g/mol. The van der Waals surface area contributed by atoms with Crippen LogP contribution >= 0.6 is 0 Å². The van der Waals surface area contributed by atoms with Gasteiger partial charge in [-0.05, 0) is 47.8 Å². The van der Waals surface area contributed by atoms with E-state index in [0.29, 0.717) is 17.7 Å². The molecule has 1 atom stereocenters. The standard InChI is InChI=1S/C12H23N5/c1-8(6-7-17(4)5)14-12-9(2)11(13)15-10(3)16-12/h8H,6-7H2,1-5H3,(H3,13,14,15,16). The third-order valence-electron chi connectivity index (χ3n) is 2.69. The van der Waals surface area contributed by atoms with Gasteiger partial charge in [0, 0.05) is 11.6 Å². The molecule has 1 unspecified atom stereocenters. The highest BCUT2D eigenvalue weighted by Gasteiger charge is 2.09. The van der Waals surface area contributed by atoms with Crippen molar-refractivity contribution in [2.75, 3.05) is 31.7 Å². The lowest BCUT2D eigenvalue weighted by Gasteiger charge is -2.19. The van der Waals surface area contributed by atoms with E-state index in [0.717, 1.165) is 24.3 Å². The van der Waals surface area contributed by atoms with Gasteiger partial charge in [-0.1, -0.05) is 0 Å². The molecule has 0 aliphatic carbocycles. The van der Waals surface area contributed by atoms with Crippen LogP contribution in [-0.4, -0.2) is 41.5 Å². The first-order valence-electron chi connectivity index (χ1n) is 5.92. The van der Waals surface area contributed by atoms with E-state index >= 15 is 0 Å². The molecule has 0 aromatic carbocycles. The summed E-state index contributed by atoms with van der Waals surface area (Å²) in [5, 5.41) is 3.39. The topological polar surface area (TPSA) is 67.1 Å². The van der Waals surface area contributed by atoms with Gasteiger partial charge in [-0.3, -0.25) is 0 Å². The molecule has 1 heterocycles. The zero-order valence-corrected chi connectivity index (χ0v) is 11.4. The average Bonchev–Trinajstić information content (AvgIpc) is 2.22. The Labute approximate surface area is 103 Å². The first-order valence-corrected chi connectivity index (χ1v) is 5.92. The van der Waals surface area contributed by atoms with Crippen molar-refractivity contribution in [1.82, 2.24) is 14.9 Å². The highest BCUT2D eigenvalue weighted by molar-refractivity contribution is 5.55. The molecule has 1 aromatic heterocycles. The van der Waals surface area contributed by atoms with Gasteiger partial charge in [0.2, 0.25) is 0 Å². The third kappa shape index (κ3) is 4.19. The molecule has 0 bridgehead atoms. The molecule has 0 saturated carbocycles. The van der Waals surface area contributed by atoms with Gasteiger partial charge in [0.1, 0.15) is 17.5 Å². The molecule has 1 rings (SSSR count). The average molecular weight is 237 g/mol. The largest absolute Gasteiger partial charge is 0.383 e. The molecule has 96 valence electrons. The van der Waals surface area contributed by atoms with Crippen molar-refractivity contribution >= 4 is 11.6 Å². The Morgan fingerprint density at radius 2 is 1.94 bits per heavy atom. The van der Waals surface area contributed by atoms with E-state index in [2.05, 4.69) is 41.2 Å². The lowest BCUT2D eigenvalue weighted by atomic mass is 10.2. The second kappa shape index (κ2) is 5.82. The van der Waals surface area contributed by atoms with Gasteiger partial charge in [0.15, 0.2) is 0 Å². The van der Waals surface area contributed by atoms with E-state index in [1.165, 1.54) is 0 Å². The fourth-order valence-corrected chi connectivity index (χ4v) is 1.55. The maximum atomic E-state index is 5.82. The first kappa shape index (κ1) is 13.7. The molecule has 1 aromatic rings. The molecule has 0 amide bonds. The zero-order chi connectivity index (χ0) is 13.0. The zero-order valence-electron chi connectivity index (χ0n) is 11.4. The van der Waals surface area contributed by atoms with E-state index in [4.69, 9.17) is 5.73 Å². The summed E-state index contributed by atoms with van der Waals surface area (Å²) in [6.07, 6.45) is 1.06. The van der Waals surface area contributed by atoms with Crippen molar-refractivity contribution in [3.05, 3.63) is 11.4 Å². The second-order valence-corrected chi connectivity index (χ2v) is 4.77. The highest BCUT2D eigenvalue weighted by atomic mass is 15.1. The Balaban J connectivity index is 2.68. The number of hydrogen-bond acceptors (Lipinski definition) is 5. The predicted molar refractivity (Wildman–Crippen MR) is 72.2 cm³/mol. The summed E-state index contributed by atoms with van der Waals surface area (Å²) in [5.41, 5.74) is 6.74. The molecular weight excluding hydrogens is 214 g/mol. The molecule has 0 spiro atoms. The summed E-state index contributed by atoms with van der Waals surface area (Å²) in [7, 11) is 4.15. The number of nitrogens with one attached hydrogen (secondary N) is 1. The number of aryl methyl sites for hydroxylation is 1. The lowest BCUT2D eigenvalue weighted by Crippen LogP contribution is -2.24. The molecule has 3 N–H and O–H groups in total. The Kier molecular flexibility index (Phi) is 4.69. The van der Waals surface area contributed by atoms with Gasteiger partial charge >= 0.3 is 0 Å². The van der Waals surface area contributed by atoms with Crippen molar-refractivity contribution < 1.29 is 0 Å². The van der Waals surface area contributed by atoms with Crippen LogP contribution in [0.2, 0.25) is 0 Å². The van der Waals surface area contributed by atoms with Crippen LogP contribution < -0.4 is 11.1 Å². The van der Waals surface area contributed by atoms with Crippen molar-refractivity contribution in [2.24, 2.45) is 0 Å². The smallest absolute Gasteiger partial charge is 0.134 e. The van der Waals surface area contributed by atoms with E-state index in [1.807, 2.05) is 13.8 Å². The van der Waals surface area contributed by atoms with Crippen molar-refractivity contribution in [3.8, 4) is 0 Å². The summed E-state index contributed by atoms with van der Waals surface area (Å²) in [6.45, 7) is 6.99. The fraction of sp³-hybridized carbons (Fsp3) is 0.667. The van der Waals surface area contributed by atoms with Crippen molar-refractivity contribution in [2.45, 2.75) is 33.2 Å². The van der Waals surface area contributed by atoms with Crippen LogP contribution in [0.5, 0.6) is 0 Å². The highest BCUT2D eigenvalue weighted by Crippen LogP contribution is 2.18. The van der Waals surface area contributed by atoms with Crippen molar-refractivity contribution in [3.63, 3.8) is 0 Å². The van der Waals surface area contributed by atoms with Crippen LogP contribution in [0.1, 0.15) is 24.7 Å². The minimum absolute atomic E-state index is 0.366. The minimum Gasteiger partial charge on any atom is -0.383 e. The maximum Gasteiger partial charge on any atom is 0.134 e. The minimum atomic E-state index is 0.366. The van der Waals surface area contributed by atoms with Crippen LogP contribution in [0.15, 0.2) is 0 Å². The molecule has 17 heavy (non-hydrogen) atoms. The van der Waals surface area contributed by atoms with E-state index in [1.54, 1.807) is 0 Å². The first-order chi connectivity index (χ1) is 7.90. The van der Waals surface area contributed by atoms with Crippen LogP contribution in [0.25, 0.3) is 0 Å². The van der Waals surface area contributed by atoms with Crippen LogP contribution in [0, 0.1) is 13.8 Å². The van der Waals surface area contributed by atoms with Gasteiger partial charge < -0.3 is 16.0 Å². The SMILES string of the molecule is Cc1nc(N)c(C)c(NC(C)CCN(C)C)n1. The Morgan fingerprint density at radius 1 is 1.29 bits per heavy atom. The van der Waals surface area contributed by atoms with Gasteiger partial charge in [-0.25, -0.2) is 9.97 Å². The number of hydrogen-bond donors (Lipinski definition) is 2. The summed E-state index contributed by atoms with van der Waals surface area (Å²) in [6, 6.07) is 0.366. The Bertz CT molecular complexity index is 375. The quantitative estimate of drug-likeness (QED) is 0.811. The Morgan fingerprint density at radius 3 is 2.53 bits per heavy atom. The number of rotatable bonds is 5. The van der Waals surface area contributed by atoms with E-state index in [9.17, 15) is 0 Å². The number of aromatic nitrogens is 2. The van der Waals surface area contributed by atoms with E-state index < -0.39 is 0 Å². The molecule has 5 heteroatoms. The normalized spacial score (nSPS) is 12.8. The number of nitrogen functional groups attached to an aromatic ring is 1. The molecule has 5 nitrogen and oxygen atoms in total. The van der Waals surface area contributed by atoms with Crippen LogP contribution in [0.4, 0.5) is 11.6 Å². The molecule has 0 aliphatic heterocycles. The summed E-state index contributed by atoms with van der Waals surface area (Å²) < 4.78 is 0. The molecular formula is C12H23N5. The van der Waals surface area contributed by atoms with Gasteiger partial charge in [0.25, 0.3) is 0 Å². The molecule has 0 aliphatic rings. The fourth-order valence-electron chi connectivity index (χ4n) is 1.55. The van der Waals surface area contributed by atoms with Gasteiger partial charge in [0.05, 0.1) is 0 Å². The lowest BCUT2D eigenvalue weighted by molar-refractivity contribution is 0.390. The Hall–Kier alpha value is -1.36. The molecule has 0 radical (unpaired) electrons. The number of nitrogens with two attached hydrogens (primary N) is 1. The van der Waals surface area contributed by atoms with E-state index in [-0.39, 0.29) is 0 Å². The third-order valence-corrected chi connectivity index (χ3v) is 2.69. The number of nitrogens with zero attached hydrogens (tertiary/aromatic N) is 3. The molecule has 0 fully saturated rings. The predicted octanol–water partition coefficient (Wildman–Crippen LogP) is 1.43. The number of anilines is 2. The second-order valence-electron chi connectivity index (χ2n) is 4.77. The van der Waals surface area contributed by atoms with Crippen molar-refractivity contribution in [1.29, 1.82) is 0 Å². The van der Waals surface area contributed by atoms with Crippen LogP contribution in [0.3, 0.4) is 0 Å². The summed E-state index contributed by atoms with van der Waals surface area (Å²) in [5.74, 6) is 2.11. The summed E-state index contributed by atoms with van der Waals surface area (Å²) in [4.78, 5) is 10.7. The van der Waals surface area contributed by atoms with Gasteiger partial charge in [-0.2, -0.15) is 0 Å². The molecule has 0 saturated heterocycles. The maximum absolute atomic E-state index is 5.82.